The molecular weight excluding hydrogens is 396 g/mol. The molecule has 0 spiro atoms. The lowest BCUT2D eigenvalue weighted by atomic mass is 10.0. The predicted molar refractivity (Wildman–Crippen MR) is 121 cm³/mol. The van der Waals surface area contributed by atoms with Crippen LogP contribution in [-0.4, -0.2) is 51.3 Å². The Morgan fingerprint density at radius 1 is 0.933 bits per heavy atom. The largest absolute Gasteiger partial charge is 0.369 e. The molecule has 0 N–H and O–H groups in total. The van der Waals surface area contributed by atoms with Gasteiger partial charge in [0.15, 0.2) is 5.82 Å². The first-order valence-corrected chi connectivity index (χ1v) is 10.9. The molecule has 1 unspecified atom stereocenters. The Morgan fingerprint density at radius 3 is 2.30 bits per heavy atom. The molecule has 1 saturated heterocycles. The van der Waals surface area contributed by atoms with Crippen LogP contribution in [0.3, 0.4) is 0 Å². The Hall–Kier alpha value is -2.44. The zero-order chi connectivity index (χ0) is 21.3. The van der Waals surface area contributed by atoms with Crippen molar-refractivity contribution in [2.24, 2.45) is 0 Å². The molecule has 1 atom stereocenters. The number of tetrazole rings is 1. The summed E-state index contributed by atoms with van der Waals surface area (Å²) in [5.74, 6) is 0.882. The molecule has 1 aliphatic rings. The van der Waals surface area contributed by atoms with Crippen LogP contribution in [0.1, 0.15) is 48.4 Å². The summed E-state index contributed by atoms with van der Waals surface area (Å²) in [6.45, 7) is 12.4. The first kappa shape index (κ1) is 20.8. The van der Waals surface area contributed by atoms with Gasteiger partial charge in [0.25, 0.3) is 0 Å². The van der Waals surface area contributed by atoms with Gasteiger partial charge in [-0.2, -0.15) is 0 Å². The fourth-order valence-electron chi connectivity index (χ4n) is 4.20. The van der Waals surface area contributed by atoms with Crippen molar-refractivity contribution in [2.45, 2.75) is 39.8 Å². The molecule has 2 heterocycles. The van der Waals surface area contributed by atoms with Crippen molar-refractivity contribution >= 4 is 17.3 Å². The van der Waals surface area contributed by atoms with Crippen molar-refractivity contribution in [3.8, 4) is 0 Å². The predicted octanol–water partition coefficient (Wildman–Crippen LogP) is 4.44. The van der Waals surface area contributed by atoms with E-state index in [-0.39, 0.29) is 12.1 Å². The second kappa shape index (κ2) is 8.74. The van der Waals surface area contributed by atoms with Crippen molar-refractivity contribution < 1.29 is 0 Å². The maximum absolute atomic E-state index is 6.16. The van der Waals surface area contributed by atoms with Crippen LogP contribution < -0.4 is 4.90 Å². The smallest absolute Gasteiger partial charge is 0.173 e. The van der Waals surface area contributed by atoms with Crippen LogP contribution in [0.15, 0.2) is 42.5 Å². The van der Waals surface area contributed by atoms with Gasteiger partial charge in [-0.25, -0.2) is 4.68 Å². The summed E-state index contributed by atoms with van der Waals surface area (Å²) in [6, 6.07) is 14.9. The average Bonchev–Trinajstić information content (AvgIpc) is 3.22. The Morgan fingerprint density at radius 2 is 1.63 bits per heavy atom. The molecule has 7 heteroatoms. The molecule has 1 aromatic heterocycles. The topological polar surface area (TPSA) is 50.1 Å². The number of aromatic nitrogens is 4. The number of halogens is 1. The van der Waals surface area contributed by atoms with Gasteiger partial charge in [0.1, 0.15) is 0 Å². The summed E-state index contributed by atoms with van der Waals surface area (Å²) in [7, 11) is 0. The number of hydrogen-bond donors (Lipinski definition) is 0. The van der Waals surface area contributed by atoms with Gasteiger partial charge in [0, 0.05) is 36.9 Å². The maximum atomic E-state index is 6.16. The number of aryl methyl sites for hydroxylation is 2. The molecule has 0 bridgehead atoms. The quantitative estimate of drug-likeness (QED) is 0.606. The van der Waals surface area contributed by atoms with Gasteiger partial charge in [-0.3, -0.25) is 4.90 Å². The van der Waals surface area contributed by atoms with Gasteiger partial charge >= 0.3 is 0 Å². The number of benzene rings is 2. The normalized spacial score (nSPS) is 16.3. The number of rotatable bonds is 5. The van der Waals surface area contributed by atoms with Gasteiger partial charge in [-0.05, 0) is 73.0 Å². The van der Waals surface area contributed by atoms with Crippen molar-refractivity contribution in [3.05, 3.63) is 70.0 Å². The second-order valence-corrected chi connectivity index (χ2v) is 8.78. The molecule has 0 radical (unpaired) electrons. The zero-order valence-corrected chi connectivity index (χ0v) is 18.8. The van der Waals surface area contributed by atoms with Crippen molar-refractivity contribution in [3.63, 3.8) is 0 Å². The highest BCUT2D eigenvalue weighted by atomic mass is 35.5. The van der Waals surface area contributed by atoms with Gasteiger partial charge < -0.3 is 4.90 Å². The van der Waals surface area contributed by atoms with Crippen LogP contribution in [0.2, 0.25) is 5.02 Å². The molecule has 6 nitrogen and oxygen atoms in total. The summed E-state index contributed by atoms with van der Waals surface area (Å²) in [5, 5.41) is 13.4. The van der Waals surface area contributed by atoms with E-state index in [2.05, 4.69) is 83.4 Å². The lowest BCUT2D eigenvalue weighted by molar-refractivity contribution is 0.199. The molecule has 30 heavy (non-hydrogen) atoms. The van der Waals surface area contributed by atoms with Crippen LogP contribution in [-0.2, 0) is 0 Å². The van der Waals surface area contributed by atoms with E-state index in [0.29, 0.717) is 0 Å². The van der Waals surface area contributed by atoms with E-state index in [1.807, 2.05) is 16.8 Å². The Labute approximate surface area is 183 Å². The third-order valence-electron chi connectivity index (χ3n) is 5.82. The molecule has 4 rings (SSSR count). The van der Waals surface area contributed by atoms with Crippen molar-refractivity contribution in [2.75, 3.05) is 31.1 Å². The summed E-state index contributed by atoms with van der Waals surface area (Å²) in [4.78, 5) is 4.97. The number of nitrogens with zero attached hydrogens (tertiary/aromatic N) is 6. The fourth-order valence-corrected chi connectivity index (χ4v) is 4.32. The minimum Gasteiger partial charge on any atom is -0.369 e. The van der Waals surface area contributed by atoms with Gasteiger partial charge in [0.2, 0.25) is 0 Å². The summed E-state index contributed by atoms with van der Waals surface area (Å²) >= 11 is 6.16. The van der Waals surface area contributed by atoms with Gasteiger partial charge in [-0.1, -0.05) is 35.9 Å². The Balaban J connectivity index is 1.62. The van der Waals surface area contributed by atoms with Crippen molar-refractivity contribution in [1.82, 2.24) is 25.1 Å². The summed E-state index contributed by atoms with van der Waals surface area (Å²) < 4.78 is 1.93. The molecule has 1 fully saturated rings. The van der Waals surface area contributed by atoms with E-state index in [1.54, 1.807) is 0 Å². The van der Waals surface area contributed by atoms with E-state index in [1.165, 1.54) is 16.8 Å². The van der Waals surface area contributed by atoms with E-state index in [0.717, 1.165) is 42.6 Å². The standard InChI is InChI=1S/C23H29ClN6/c1-16(2)30-23(25-26-27-30)22(19-7-9-20(24)10-8-19)29-13-11-28(12-14-29)21-15-17(3)5-6-18(21)4/h5-10,15-16,22H,11-14H2,1-4H3. The highest BCUT2D eigenvalue weighted by Crippen LogP contribution is 2.31. The van der Waals surface area contributed by atoms with E-state index in [9.17, 15) is 0 Å². The van der Waals surface area contributed by atoms with Gasteiger partial charge in [0.05, 0.1) is 12.1 Å². The van der Waals surface area contributed by atoms with Crippen molar-refractivity contribution in [1.29, 1.82) is 0 Å². The van der Waals surface area contributed by atoms with Crippen LogP contribution in [0.5, 0.6) is 0 Å². The lowest BCUT2D eigenvalue weighted by Gasteiger charge is -2.40. The third-order valence-corrected chi connectivity index (χ3v) is 6.07. The highest BCUT2D eigenvalue weighted by Gasteiger charge is 2.31. The minimum atomic E-state index is 0.000392. The summed E-state index contributed by atoms with van der Waals surface area (Å²) in [6.07, 6.45) is 0. The fraction of sp³-hybridized carbons (Fsp3) is 0.435. The number of piperazine rings is 1. The molecule has 0 saturated carbocycles. The molecule has 0 aliphatic carbocycles. The minimum absolute atomic E-state index is 0.000392. The molecule has 2 aromatic carbocycles. The Kier molecular flexibility index (Phi) is 6.06. The molecule has 1 aliphatic heterocycles. The Bertz CT molecular complexity index is 989. The second-order valence-electron chi connectivity index (χ2n) is 8.34. The maximum Gasteiger partial charge on any atom is 0.173 e. The first-order chi connectivity index (χ1) is 14.4. The van der Waals surface area contributed by atoms with Crippen LogP contribution in [0, 0.1) is 13.8 Å². The average molecular weight is 425 g/mol. The third kappa shape index (κ3) is 4.20. The molecule has 158 valence electrons. The van der Waals surface area contributed by atoms with Crippen LogP contribution in [0.25, 0.3) is 0 Å². The lowest BCUT2D eigenvalue weighted by Crippen LogP contribution is -2.48. The van der Waals surface area contributed by atoms with Gasteiger partial charge in [-0.15, -0.1) is 5.10 Å². The van der Waals surface area contributed by atoms with E-state index < -0.39 is 0 Å². The highest BCUT2D eigenvalue weighted by molar-refractivity contribution is 6.30. The summed E-state index contributed by atoms with van der Waals surface area (Å²) in [5.41, 5.74) is 5.13. The van der Waals surface area contributed by atoms with Crippen LogP contribution >= 0.6 is 11.6 Å². The molecule has 3 aromatic rings. The monoisotopic (exact) mass is 424 g/mol. The number of anilines is 1. The molecule has 0 amide bonds. The first-order valence-electron chi connectivity index (χ1n) is 10.5. The SMILES string of the molecule is Cc1ccc(C)c(N2CCN(C(c3ccc(Cl)cc3)c3nnnn3C(C)C)CC2)c1. The van der Waals surface area contributed by atoms with E-state index in [4.69, 9.17) is 11.6 Å². The molecular formula is C23H29ClN6. The van der Waals surface area contributed by atoms with E-state index >= 15 is 0 Å². The zero-order valence-electron chi connectivity index (χ0n) is 18.1. The number of hydrogen-bond acceptors (Lipinski definition) is 5. The van der Waals surface area contributed by atoms with Crippen LogP contribution in [0.4, 0.5) is 5.69 Å².